The van der Waals surface area contributed by atoms with Crippen molar-refractivity contribution in [1.82, 2.24) is 40.5 Å². The lowest BCUT2D eigenvalue weighted by molar-refractivity contribution is -0.144. The third-order valence-corrected chi connectivity index (χ3v) is 16.8. The van der Waals surface area contributed by atoms with Crippen LogP contribution >= 0.6 is 11.3 Å². The normalized spacial score (nSPS) is 20.0. The van der Waals surface area contributed by atoms with Gasteiger partial charge in [0.15, 0.2) is 5.82 Å². The molecular weight excluding hydrogens is 1010 g/mol. The number of carbonyl (C=O) groups is 4. The van der Waals surface area contributed by atoms with Crippen molar-refractivity contribution in [1.29, 1.82) is 0 Å². The van der Waals surface area contributed by atoms with E-state index in [0.29, 0.717) is 61.7 Å². The molecule has 6 N–H and O–H groups in total. The molecule has 18 nitrogen and oxygen atoms in total. The first-order valence-corrected chi connectivity index (χ1v) is 28.7. The van der Waals surface area contributed by atoms with Crippen LogP contribution in [0.5, 0.6) is 11.5 Å². The standard InChI is InChI=1S/C59H77N11O7S/c1-39-54(78-38-62-39)41-21-19-40(20-22-41)34-61-57(75)50-32-45(71)37-69(50)58(76)55(59(2,3)4)63-52(73)17-8-6-5-7-9-18-53(74)67-27-25-66(26-28-67)29-30-77-46-14-12-13-42(31-46)70-43-23-24-44(70)36-68(35-43)49-33-48(64-65-56(49)60)47-15-10-11-16-51(47)72/h10-16,19-22,31,33,38,43-45,50,55,71-72H,5-9,17-18,23-30,32,34-37H2,1-4H3,(H2,60,65)(H,61,75)(H,63,73)/t43?,44?,45-,50+,55-/m1/s1. The third kappa shape index (κ3) is 13.7. The SMILES string of the molecule is Cc1ncsc1-c1ccc(CNC(=O)[C@@H]2C[C@@H](O)CN2C(=O)[C@@H](NC(=O)CCCCCCCC(=O)N2CCN(CCOc3cccc(N4C5CCC4CN(c4cc(-c6ccccc6O)nnc4N)C5)c3)CC2)C(C)(C)C)cc1. The number of nitrogens with zero attached hydrogens (tertiary/aromatic N) is 8. The van der Waals surface area contributed by atoms with E-state index in [1.807, 2.05) is 86.6 Å². The van der Waals surface area contributed by atoms with Gasteiger partial charge in [-0.1, -0.05) is 82.5 Å². The van der Waals surface area contributed by atoms with E-state index in [0.717, 1.165) is 110 Å². The molecular formula is C59H77N11O7S. The van der Waals surface area contributed by atoms with Crippen molar-refractivity contribution in [3.63, 3.8) is 0 Å². The minimum atomic E-state index is -0.874. The molecule has 0 aliphatic carbocycles. The summed E-state index contributed by atoms with van der Waals surface area (Å²) in [6.07, 6.45) is 6.29. The quantitative estimate of drug-likeness (QED) is 0.0478. The minimum Gasteiger partial charge on any atom is -0.507 e. The summed E-state index contributed by atoms with van der Waals surface area (Å²) in [6, 6.07) is 24.3. The molecule has 78 heavy (non-hydrogen) atoms. The number of β-amino-alcohol motifs (C(OH)–C–C–N with tert-alkyl or cyclic N) is 1. The van der Waals surface area contributed by atoms with Gasteiger partial charge in [-0.2, -0.15) is 0 Å². The summed E-state index contributed by atoms with van der Waals surface area (Å²) in [6.45, 7) is 13.9. The summed E-state index contributed by atoms with van der Waals surface area (Å²) in [5.41, 5.74) is 13.7. The van der Waals surface area contributed by atoms with Crippen LogP contribution in [-0.4, -0.2) is 153 Å². The van der Waals surface area contributed by atoms with Crippen molar-refractivity contribution >= 4 is 52.2 Å². The Hall–Kier alpha value is -6.83. The first-order chi connectivity index (χ1) is 37.6. The number of aryl methyl sites for hydroxylation is 1. The molecule has 2 bridgehead atoms. The van der Waals surface area contributed by atoms with Crippen molar-refractivity contribution in [2.75, 3.05) is 74.5 Å². The van der Waals surface area contributed by atoms with E-state index in [1.165, 1.54) is 4.90 Å². The fourth-order valence-corrected chi connectivity index (χ4v) is 12.3. The minimum absolute atomic E-state index is 0.0203. The fraction of sp³-hybridized carbons (Fsp3) is 0.508. The highest BCUT2D eigenvalue weighted by atomic mass is 32.1. The number of nitrogen functional groups attached to an aromatic ring is 1. The number of ether oxygens (including phenoxy) is 1. The fourth-order valence-electron chi connectivity index (χ4n) is 11.5. The van der Waals surface area contributed by atoms with E-state index in [9.17, 15) is 29.4 Å². The molecule has 2 aromatic heterocycles. The maximum Gasteiger partial charge on any atom is 0.246 e. The average molecular weight is 1080 g/mol. The number of hydrogen-bond acceptors (Lipinski definition) is 15. The van der Waals surface area contributed by atoms with E-state index < -0.39 is 23.6 Å². The number of aromatic nitrogens is 3. The van der Waals surface area contributed by atoms with Crippen LogP contribution in [0.3, 0.4) is 0 Å². The monoisotopic (exact) mass is 1080 g/mol. The van der Waals surface area contributed by atoms with Crippen LogP contribution in [0.25, 0.3) is 21.7 Å². The average Bonchev–Trinajstić information content (AvgIpc) is 4.24. The van der Waals surface area contributed by atoms with Gasteiger partial charge in [0.2, 0.25) is 23.6 Å². The van der Waals surface area contributed by atoms with Crippen LogP contribution in [-0.2, 0) is 25.7 Å². The number of carbonyl (C=O) groups excluding carboxylic acids is 4. The number of aliphatic hydroxyl groups excluding tert-OH is 1. The number of unbranched alkanes of at least 4 members (excludes halogenated alkanes) is 4. The topological polar surface area (TPSA) is 223 Å². The second-order valence-corrected chi connectivity index (χ2v) is 23.3. The molecule has 19 heteroatoms. The first-order valence-electron chi connectivity index (χ1n) is 27.8. The number of hydrogen-bond donors (Lipinski definition) is 5. The first kappa shape index (κ1) is 55.9. The molecule has 0 saturated carbocycles. The number of benzene rings is 3. The molecule has 0 spiro atoms. The second-order valence-electron chi connectivity index (χ2n) is 22.5. The number of para-hydroxylation sites is 1. The number of piperazine rings is 2. The number of nitrogens with two attached hydrogens (primary N) is 1. The summed E-state index contributed by atoms with van der Waals surface area (Å²) in [4.78, 5) is 70.0. The Balaban J connectivity index is 0.638. The predicted octanol–water partition coefficient (Wildman–Crippen LogP) is 6.78. The highest BCUT2D eigenvalue weighted by Crippen LogP contribution is 2.40. The van der Waals surface area contributed by atoms with Crippen LogP contribution in [0.15, 0.2) is 84.4 Å². The van der Waals surface area contributed by atoms with Gasteiger partial charge in [-0.05, 0) is 79.5 Å². The highest BCUT2D eigenvalue weighted by molar-refractivity contribution is 7.13. The smallest absolute Gasteiger partial charge is 0.246 e. The van der Waals surface area contributed by atoms with E-state index >= 15 is 0 Å². The van der Waals surface area contributed by atoms with Gasteiger partial charge in [0.1, 0.15) is 30.2 Å². The Bertz CT molecular complexity index is 2860. The van der Waals surface area contributed by atoms with E-state index in [-0.39, 0.29) is 55.3 Å². The molecule has 4 fully saturated rings. The zero-order valence-corrected chi connectivity index (χ0v) is 46.4. The van der Waals surface area contributed by atoms with Crippen molar-refractivity contribution in [2.24, 2.45) is 5.41 Å². The lowest BCUT2D eigenvalue weighted by atomic mass is 9.85. The molecule has 5 aromatic rings. The number of phenolic OH excluding ortho intramolecular Hbond substituents is 1. The van der Waals surface area contributed by atoms with Gasteiger partial charge in [-0.3, -0.25) is 24.1 Å². The molecule has 4 aliphatic rings. The number of amides is 4. The number of thiazole rings is 1. The zero-order valence-electron chi connectivity index (χ0n) is 45.6. The van der Waals surface area contributed by atoms with Gasteiger partial charge in [-0.15, -0.1) is 21.5 Å². The van der Waals surface area contributed by atoms with Crippen molar-refractivity contribution < 1.29 is 34.1 Å². The third-order valence-electron chi connectivity index (χ3n) is 15.8. The Morgan fingerprint density at radius 3 is 2.28 bits per heavy atom. The van der Waals surface area contributed by atoms with Crippen LogP contribution in [0.4, 0.5) is 17.2 Å². The summed E-state index contributed by atoms with van der Waals surface area (Å²) >= 11 is 1.58. The molecule has 2 unspecified atom stereocenters. The van der Waals surface area contributed by atoms with Gasteiger partial charge in [0, 0.05) is 108 Å². The molecule has 4 amide bonds. The van der Waals surface area contributed by atoms with Gasteiger partial charge in [0.25, 0.3) is 0 Å². The number of likely N-dealkylation sites (tertiary alicyclic amines) is 1. The maximum atomic E-state index is 14.1. The number of rotatable bonds is 21. The maximum absolute atomic E-state index is 14.1. The van der Waals surface area contributed by atoms with E-state index in [4.69, 9.17) is 10.5 Å². The molecule has 9 rings (SSSR count). The number of anilines is 3. The van der Waals surface area contributed by atoms with Crippen LogP contribution in [0.2, 0.25) is 0 Å². The molecule has 416 valence electrons. The number of phenols is 1. The van der Waals surface area contributed by atoms with Crippen LogP contribution in [0.1, 0.15) is 96.2 Å². The summed E-state index contributed by atoms with van der Waals surface area (Å²) < 4.78 is 6.31. The van der Waals surface area contributed by atoms with E-state index in [1.54, 1.807) is 23.5 Å². The summed E-state index contributed by atoms with van der Waals surface area (Å²) in [7, 11) is 0. The number of nitrogens with one attached hydrogen (secondary N) is 2. The van der Waals surface area contributed by atoms with Gasteiger partial charge in [0.05, 0.1) is 33.6 Å². The van der Waals surface area contributed by atoms with Crippen molar-refractivity contribution in [3.05, 3.63) is 95.6 Å². The largest absolute Gasteiger partial charge is 0.507 e. The van der Waals surface area contributed by atoms with E-state index in [2.05, 4.69) is 58.7 Å². The number of fused-ring (bicyclic) bond motifs is 2. The molecule has 0 radical (unpaired) electrons. The van der Waals surface area contributed by atoms with Gasteiger partial charge >= 0.3 is 0 Å². The summed E-state index contributed by atoms with van der Waals surface area (Å²) in [5, 5.41) is 35.5. The lowest BCUT2D eigenvalue weighted by Gasteiger charge is -2.43. The number of aromatic hydroxyl groups is 1. The Morgan fingerprint density at radius 2 is 1.58 bits per heavy atom. The highest BCUT2D eigenvalue weighted by Gasteiger charge is 2.45. The van der Waals surface area contributed by atoms with Crippen LogP contribution < -0.4 is 30.9 Å². The number of aliphatic hydroxyl groups is 1. The summed E-state index contributed by atoms with van der Waals surface area (Å²) in [5.74, 6) is 0.631. The zero-order chi connectivity index (χ0) is 54.9. The predicted molar refractivity (Wildman–Crippen MR) is 304 cm³/mol. The van der Waals surface area contributed by atoms with Crippen molar-refractivity contribution in [3.8, 4) is 33.2 Å². The van der Waals surface area contributed by atoms with Crippen molar-refractivity contribution in [2.45, 2.75) is 129 Å². The molecule has 4 saturated heterocycles. The Labute approximate surface area is 462 Å². The van der Waals surface area contributed by atoms with Gasteiger partial charge in [-0.25, -0.2) is 4.98 Å². The second kappa shape index (κ2) is 25.3. The van der Waals surface area contributed by atoms with Gasteiger partial charge < -0.3 is 50.9 Å². The molecule has 4 aliphatic heterocycles. The Morgan fingerprint density at radius 1 is 0.859 bits per heavy atom. The lowest BCUT2D eigenvalue weighted by Crippen LogP contribution is -2.57. The molecule has 5 atom stereocenters. The molecule has 3 aromatic carbocycles. The Kier molecular flexibility index (Phi) is 18.1. The molecule has 6 heterocycles. The van der Waals surface area contributed by atoms with Crippen LogP contribution in [0, 0.1) is 12.3 Å².